The third kappa shape index (κ3) is 4.70. The molecular formula is C7H13NO4. The Balaban J connectivity index is 3.71. The molecule has 70 valence electrons. The van der Waals surface area contributed by atoms with E-state index in [2.05, 4.69) is 4.84 Å². The number of carbonyl (C=O) groups is 1. The van der Waals surface area contributed by atoms with Crippen LogP contribution in [0.25, 0.3) is 0 Å². The van der Waals surface area contributed by atoms with Crippen molar-refractivity contribution in [2.24, 2.45) is 5.90 Å². The zero-order chi connectivity index (χ0) is 9.40. The molecule has 3 N–H and O–H groups in total. The second kappa shape index (κ2) is 6.63. The molecule has 0 saturated heterocycles. The van der Waals surface area contributed by atoms with Crippen molar-refractivity contribution in [3.8, 4) is 0 Å². The lowest BCUT2D eigenvalue weighted by molar-refractivity contribution is -0.136. The third-order valence-electron chi connectivity index (χ3n) is 1.13. The van der Waals surface area contributed by atoms with Crippen LogP contribution in [-0.2, 0) is 14.4 Å². The minimum atomic E-state index is -1.17. The molecule has 0 rings (SSSR count). The van der Waals surface area contributed by atoms with E-state index in [1.165, 1.54) is 6.08 Å². The third-order valence-corrected chi connectivity index (χ3v) is 1.13. The Morgan fingerprint density at radius 2 is 2.33 bits per heavy atom. The summed E-state index contributed by atoms with van der Waals surface area (Å²) in [6.45, 7) is 2.94. The predicted molar refractivity (Wildman–Crippen MR) is 42.1 cm³/mol. The van der Waals surface area contributed by atoms with Crippen molar-refractivity contribution in [3.63, 3.8) is 0 Å². The van der Waals surface area contributed by atoms with E-state index in [4.69, 9.17) is 15.7 Å². The van der Waals surface area contributed by atoms with E-state index >= 15 is 0 Å². The highest BCUT2D eigenvalue weighted by Gasteiger charge is 2.05. The number of aliphatic carboxylic acids is 1. The molecule has 0 aliphatic carbocycles. The highest BCUT2D eigenvalue weighted by molar-refractivity contribution is 5.84. The van der Waals surface area contributed by atoms with Gasteiger partial charge in [0.1, 0.15) is 0 Å². The van der Waals surface area contributed by atoms with E-state index in [1.54, 1.807) is 0 Å². The Bertz CT molecular complexity index is 167. The lowest BCUT2D eigenvalue weighted by Crippen LogP contribution is -2.09. The molecule has 0 saturated carbocycles. The number of carboxylic acid groups (broad SMARTS) is 1. The summed E-state index contributed by atoms with van der Waals surface area (Å²) >= 11 is 0. The highest BCUT2D eigenvalue weighted by Crippen LogP contribution is 1.96. The largest absolute Gasteiger partial charge is 0.475 e. The van der Waals surface area contributed by atoms with Gasteiger partial charge in [0.15, 0.2) is 0 Å². The average molecular weight is 175 g/mol. The summed E-state index contributed by atoms with van der Waals surface area (Å²) in [5, 5.41) is 8.42. The molecule has 0 aromatic heterocycles. The van der Waals surface area contributed by atoms with Gasteiger partial charge in [-0.15, -0.1) is 0 Å². The van der Waals surface area contributed by atoms with Crippen molar-refractivity contribution in [2.75, 3.05) is 13.2 Å². The maximum Gasteiger partial charge on any atom is 0.373 e. The van der Waals surface area contributed by atoms with Crippen molar-refractivity contribution < 1.29 is 19.5 Å². The Labute approximate surface area is 70.7 Å². The summed E-state index contributed by atoms with van der Waals surface area (Å²) in [7, 11) is 0. The summed E-state index contributed by atoms with van der Waals surface area (Å²) < 4.78 is 4.97. The van der Waals surface area contributed by atoms with Crippen LogP contribution >= 0.6 is 0 Å². The molecule has 0 spiro atoms. The van der Waals surface area contributed by atoms with Crippen LogP contribution in [-0.4, -0.2) is 24.3 Å². The second-order valence-corrected chi connectivity index (χ2v) is 1.98. The van der Waals surface area contributed by atoms with Gasteiger partial charge in [-0.3, -0.25) is 0 Å². The van der Waals surface area contributed by atoms with E-state index in [0.29, 0.717) is 19.6 Å². The summed E-state index contributed by atoms with van der Waals surface area (Å²) in [5.74, 6) is 3.27. The number of ether oxygens (including phenoxy) is 1. The number of rotatable bonds is 6. The topological polar surface area (TPSA) is 81.8 Å². The second-order valence-electron chi connectivity index (χ2n) is 1.98. The molecule has 0 fully saturated rings. The van der Waals surface area contributed by atoms with Gasteiger partial charge in [-0.25, -0.2) is 4.79 Å². The molecule has 5 nitrogen and oxygen atoms in total. The monoisotopic (exact) mass is 175 g/mol. The molecule has 0 aromatic rings. The van der Waals surface area contributed by atoms with Crippen LogP contribution in [0.4, 0.5) is 0 Å². The molecule has 0 bridgehead atoms. The van der Waals surface area contributed by atoms with Gasteiger partial charge in [0.2, 0.25) is 5.76 Å². The van der Waals surface area contributed by atoms with Crippen molar-refractivity contribution in [1.82, 2.24) is 0 Å². The van der Waals surface area contributed by atoms with Crippen LogP contribution < -0.4 is 5.90 Å². The maximum atomic E-state index is 10.3. The summed E-state index contributed by atoms with van der Waals surface area (Å²) in [6, 6.07) is 0. The lowest BCUT2D eigenvalue weighted by atomic mass is 10.3. The van der Waals surface area contributed by atoms with Crippen LogP contribution in [0.2, 0.25) is 0 Å². The average Bonchev–Trinajstić information content (AvgIpc) is 2.04. The minimum absolute atomic E-state index is 0.255. The molecule has 5 heteroatoms. The predicted octanol–water partition coefficient (Wildman–Crippen LogP) is 0.272. The molecule has 0 atom stereocenters. The Hall–Kier alpha value is -1.07. The number of hydrogen-bond donors (Lipinski definition) is 2. The van der Waals surface area contributed by atoms with Crippen molar-refractivity contribution in [1.29, 1.82) is 0 Å². The van der Waals surface area contributed by atoms with Gasteiger partial charge in [-0.2, -0.15) is 5.90 Å². The summed E-state index contributed by atoms with van der Waals surface area (Å²) in [6.07, 6.45) is 1.85. The van der Waals surface area contributed by atoms with Crippen LogP contribution in [0.3, 0.4) is 0 Å². The molecule has 0 heterocycles. The van der Waals surface area contributed by atoms with E-state index < -0.39 is 5.97 Å². The fourth-order valence-electron chi connectivity index (χ4n) is 0.604. The van der Waals surface area contributed by atoms with E-state index in [-0.39, 0.29) is 5.76 Å². The van der Waals surface area contributed by atoms with Crippen molar-refractivity contribution >= 4 is 5.97 Å². The lowest BCUT2D eigenvalue weighted by Gasteiger charge is -1.99. The van der Waals surface area contributed by atoms with Gasteiger partial charge in [0.25, 0.3) is 0 Å². The smallest absolute Gasteiger partial charge is 0.373 e. The van der Waals surface area contributed by atoms with Crippen molar-refractivity contribution in [3.05, 3.63) is 11.8 Å². The molecule has 0 aromatic carbocycles. The van der Waals surface area contributed by atoms with Crippen LogP contribution in [0.15, 0.2) is 11.8 Å². The molecule has 0 aliphatic rings. The quantitative estimate of drug-likeness (QED) is 0.262. The Morgan fingerprint density at radius 1 is 1.67 bits per heavy atom. The maximum absolute atomic E-state index is 10.3. The molecule has 12 heavy (non-hydrogen) atoms. The first kappa shape index (κ1) is 10.9. The Kier molecular flexibility index (Phi) is 6.04. The first-order chi connectivity index (χ1) is 5.72. The first-order valence-electron chi connectivity index (χ1n) is 3.60. The van der Waals surface area contributed by atoms with Gasteiger partial charge in [0, 0.05) is 6.61 Å². The SMILES string of the molecule is CCOCCC=C(ON)C(=O)O. The molecule has 0 aliphatic heterocycles. The van der Waals surface area contributed by atoms with Gasteiger partial charge in [0.05, 0.1) is 6.61 Å². The number of hydrogen-bond acceptors (Lipinski definition) is 4. The zero-order valence-corrected chi connectivity index (χ0v) is 6.95. The minimum Gasteiger partial charge on any atom is -0.475 e. The van der Waals surface area contributed by atoms with E-state index in [9.17, 15) is 4.79 Å². The standard InChI is InChI=1S/C7H13NO4/c1-2-11-5-3-4-6(12-8)7(9)10/h4H,2-3,5,8H2,1H3,(H,9,10). The van der Waals surface area contributed by atoms with Gasteiger partial charge in [-0.05, 0) is 19.4 Å². The molecule has 0 amide bonds. The van der Waals surface area contributed by atoms with Crippen molar-refractivity contribution in [2.45, 2.75) is 13.3 Å². The first-order valence-corrected chi connectivity index (χ1v) is 3.60. The normalized spacial score (nSPS) is 11.3. The highest BCUT2D eigenvalue weighted by atomic mass is 16.6. The summed E-state index contributed by atoms with van der Waals surface area (Å²) in [4.78, 5) is 14.4. The van der Waals surface area contributed by atoms with Gasteiger partial charge < -0.3 is 14.7 Å². The van der Waals surface area contributed by atoms with Crippen LogP contribution in [0.1, 0.15) is 13.3 Å². The van der Waals surface area contributed by atoms with Gasteiger partial charge >= 0.3 is 5.97 Å². The summed E-state index contributed by atoms with van der Waals surface area (Å²) in [5.41, 5.74) is 0. The van der Waals surface area contributed by atoms with Crippen LogP contribution in [0.5, 0.6) is 0 Å². The zero-order valence-electron chi connectivity index (χ0n) is 6.95. The Morgan fingerprint density at radius 3 is 2.75 bits per heavy atom. The molecule has 0 radical (unpaired) electrons. The number of carboxylic acids is 1. The fraction of sp³-hybridized carbons (Fsp3) is 0.571. The van der Waals surface area contributed by atoms with Crippen LogP contribution in [0, 0.1) is 0 Å². The number of nitrogens with two attached hydrogens (primary N) is 1. The fourth-order valence-corrected chi connectivity index (χ4v) is 0.604. The molecular weight excluding hydrogens is 162 g/mol. The van der Waals surface area contributed by atoms with E-state index in [1.807, 2.05) is 6.92 Å². The van der Waals surface area contributed by atoms with Gasteiger partial charge in [-0.1, -0.05) is 0 Å². The molecule has 0 unspecified atom stereocenters. The van der Waals surface area contributed by atoms with E-state index in [0.717, 1.165) is 0 Å².